The van der Waals surface area contributed by atoms with Crippen LogP contribution in [-0.2, 0) is 6.42 Å². The van der Waals surface area contributed by atoms with Crippen LogP contribution in [0.5, 0.6) is 5.75 Å². The Morgan fingerprint density at radius 2 is 1.82 bits per heavy atom. The smallest absolute Gasteiger partial charge is 0.138 e. The van der Waals surface area contributed by atoms with Crippen LogP contribution in [0.1, 0.15) is 55.8 Å². The molecule has 0 spiro atoms. The van der Waals surface area contributed by atoms with Gasteiger partial charge in [0.25, 0.3) is 0 Å². The lowest BCUT2D eigenvalue weighted by Crippen LogP contribution is -2.45. The van der Waals surface area contributed by atoms with E-state index in [1.165, 1.54) is 32.1 Å². The Morgan fingerprint density at radius 3 is 2.50 bits per heavy atom. The molecule has 0 amide bonds. The van der Waals surface area contributed by atoms with Crippen molar-refractivity contribution in [2.45, 2.75) is 63.1 Å². The third kappa shape index (κ3) is 3.34. The van der Waals surface area contributed by atoms with Crippen molar-refractivity contribution in [3.63, 3.8) is 0 Å². The number of hydrogen-bond acceptors (Lipinski definition) is 4. The Labute approximate surface area is 138 Å². The SMILES string of the molecule is CNc1c(O)ccc2c1CC[C@H](NC1CCCCC1)[C@H]2O.Cl. The molecule has 0 bridgehead atoms. The molecule has 0 unspecified atom stereocenters. The minimum Gasteiger partial charge on any atom is -0.506 e. The van der Waals surface area contributed by atoms with Crippen LogP contribution in [0.2, 0.25) is 0 Å². The van der Waals surface area contributed by atoms with Gasteiger partial charge in [-0.3, -0.25) is 0 Å². The first-order valence-corrected chi connectivity index (χ1v) is 8.17. The number of nitrogens with one attached hydrogen (secondary N) is 2. The van der Waals surface area contributed by atoms with Gasteiger partial charge in [-0.15, -0.1) is 12.4 Å². The molecule has 0 heterocycles. The average molecular weight is 327 g/mol. The first-order chi connectivity index (χ1) is 10.2. The van der Waals surface area contributed by atoms with Gasteiger partial charge >= 0.3 is 0 Å². The molecule has 0 radical (unpaired) electrons. The molecule has 2 aliphatic carbocycles. The van der Waals surface area contributed by atoms with Crippen LogP contribution in [0, 0.1) is 0 Å². The molecule has 1 saturated carbocycles. The first-order valence-electron chi connectivity index (χ1n) is 8.17. The Morgan fingerprint density at radius 1 is 1.09 bits per heavy atom. The maximum Gasteiger partial charge on any atom is 0.138 e. The molecule has 1 fully saturated rings. The molecule has 1 aromatic carbocycles. The zero-order chi connectivity index (χ0) is 14.8. The lowest BCUT2D eigenvalue weighted by Gasteiger charge is -2.36. The highest BCUT2D eigenvalue weighted by Crippen LogP contribution is 2.39. The zero-order valence-electron chi connectivity index (χ0n) is 13.1. The largest absolute Gasteiger partial charge is 0.506 e. The molecule has 5 heteroatoms. The van der Waals surface area contributed by atoms with E-state index < -0.39 is 6.10 Å². The minimum atomic E-state index is -0.483. The molecular formula is C17H27ClN2O2. The van der Waals surface area contributed by atoms with Gasteiger partial charge in [-0.25, -0.2) is 0 Å². The van der Waals surface area contributed by atoms with Crippen molar-refractivity contribution >= 4 is 18.1 Å². The van der Waals surface area contributed by atoms with Crippen LogP contribution in [-0.4, -0.2) is 29.3 Å². The fraction of sp³-hybridized carbons (Fsp3) is 0.647. The summed E-state index contributed by atoms with van der Waals surface area (Å²) in [4.78, 5) is 0. The standard InChI is InChI=1S/C17H26N2O2.ClH/c1-18-16-12-7-9-14(19-11-5-3-2-4-6-11)17(21)13(12)8-10-15(16)20;/h8,10-11,14,17-21H,2-7,9H2,1H3;1H/t14-,17-;/m0./s1. The van der Waals surface area contributed by atoms with Gasteiger partial charge in [0.15, 0.2) is 0 Å². The third-order valence-corrected chi connectivity index (χ3v) is 5.04. The lowest BCUT2D eigenvalue weighted by atomic mass is 9.83. The molecule has 22 heavy (non-hydrogen) atoms. The van der Waals surface area contributed by atoms with Crippen molar-refractivity contribution in [2.24, 2.45) is 0 Å². The molecule has 124 valence electrons. The van der Waals surface area contributed by atoms with Gasteiger partial charge in [0.2, 0.25) is 0 Å². The summed E-state index contributed by atoms with van der Waals surface area (Å²) in [5.74, 6) is 0.266. The molecule has 0 saturated heterocycles. The maximum atomic E-state index is 10.7. The van der Waals surface area contributed by atoms with E-state index in [2.05, 4.69) is 10.6 Å². The van der Waals surface area contributed by atoms with Crippen molar-refractivity contribution in [2.75, 3.05) is 12.4 Å². The summed E-state index contributed by atoms with van der Waals surface area (Å²) in [6.45, 7) is 0. The summed E-state index contributed by atoms with van der Waals surface area (Å²) in [6, 6.07) is 4.23. The Hall–Kier alpha value is -0.970. The van der Waals surface area contributed by atoms with E-state index in [9.17, 15) is 10.2 Å². The van der Waals surface area contributed by atoms with Gasteiger partial charge < -0.3 is 20.8 Å². The molecule has 4 N–H and O–H groups in total. The average Bonchev–Trinajstić information content (AvgIpc) is 2.51. The highest BCUT2D eigenvalue weighted by atomic mass is 35.5. The number of hydrogen-bond donors (Lipinski definition) is 4. The molecule has 2 atom stereocenters. The summed E-state index contributed by atoms with van der Waals surface area (Å²) in [7, 11) is 1.81. The molecule has 0 aromatic heterocycles. The Bertz CT molecular complexity index is 504. The van der Waals surface area contributed by atoms with Gasteiger partial charge in [0, 0.05) is 19.1 Å². The van der Waals surface area contributed by atoms with Gasteiger partial charge in [0.05, 0.1) is 11.8 Å². The van der Waals surface area contributed by atoms with Crippen LogP contribution in [0.4, 0.5) is 5.69 Å². The van der Waals surface area contributed by atoms with Crippen LogP contribution < -0.4 is 10.6 Å². The van der Waals surface area contributed by atoms with Crippen molar-refractivity contribution < 1.29 is 10.2 Å². The fourth-order valence-electron chi connectivity index (χ4n) is 3.90. The number of benzene rings is 1. The second kappa shape index (κ2) is 7.53. The van der Waals surface area contributed by atoms with Crippen LogP contribution >= 0.6 is 12.4 Å². The molecule has 3 rings (SSSR count). The third-order valence-electron chi connectivity index (χ3n) is 5.04. The van der Waals surface area contributed by atoms with E-state index in [1.807, 2.05) is 13.1 Å². The van der Waals surface area contributed by atoms with E-state index >= 15 is 0 Å². The highest BCUT2D eigenvalue weighted by molar-refractivity contribution is 5.85. The Balaban J connectivity index is 0.00000176. The van der Waals surface area contributed by atoms with E-state index in [4.69, 9.17) is 0 Å². The lowest BCUT2D eigenvalue weighted by molar-refractivity contribution is 0.104. The Kier molecular flexibility index (Phi) is 5.95. The van der Waals surface area contributed by atoms with Gasteiger partial charge in [-0.1, -0.05) is 25.3 Å². The van der Waals surface area contributed by atoms with Gasteiger partial charge in [-0.2, -0.15) is 0 Å². The molecule has 4 nitrogen and oxygen atoms in total. The topological polar surface area (TPSA) is 64.5 Å². The number of aromatic hydroxyl groups is 1. The molecule has 1 aromatic rings. The predicted octanol–water partition coefficient (Wildman–Crippen LogP) is 3.13. The van der Waals surface area contributed by atoms with E-state index in [-0.39, 0.29) is 24.2 Å². The molecule has 2 aliphatic rings. The zero-order valence-corrected chi connectivity index (χ0v) is 14.0. The number of halogens is 1. The predicted molar refractivity (Wildman–Crippen MR) is 92.0 cm³/mol. The summed E-state index contributed by atoms with van der Waals surface area (Å²) in [5, 5.41) is 27.3. The van der Waals surface area contributed by atoms with E-state index in [0.29, 0.717) is 6.04 Å². The van der Waals surface area contributed by atoms with Crippen LogP contribution in [0.3, 0.4) is 0 Å². The second-order valence-electron chi connectivity index (χ2n) is 6.37. The van der Waals surface area contributed by atoms with Gasteiger partial charge in [0.1, 0.15) is 5.75 Å². The molecular weight excluding hydrogens is 300 g/mol. The number of fused-ring (bicyclic) bond motifs is 1. The quantitative estimate of drug-likeness (QED) is 0.644. The van der Waals surface area contributed by atoms with Crippen LogP contribution in [0.15, 0.2) is 12.1 Å². The summed E-state index contributed by atoms with van der Waals surface area (Å²) in [6.07, 6.45) is 7.73. The maximum absolute atomic E-state index is 10.7. The number of rotatable bonds is 3. The number of phenols is 1. The monoisotopic (exact) mass is 326 g/mol. The fourth-order valence-corrected chi connectivity index (χ4v) is 3.90. The van der Waals surface area contributed by atoms with E-state index in [1.54, 1.807) is 6.07 Å². The van der Waals surface area contributed by atoms with Crippen molar-refractivity contribution in [1.29, 1.82) is 0 Å². The number of phenolic OH excluding ortho intramolecular Hbond substituents is 1. The second-order valence-corrected chi connectivity index (χ2v) is 6.37. The van der Waals surface area contributed by atoms with Crippen molar-refractivity contribution in [3.8, 4) is 5.75 Å². The number of aliphatic hydroxyl groups is 1. The number of aliphatic hydroxyl groups excluding tert-OH is 1. The van der Waals surface area contributed by atoms with Crippen molar-refractivity contribution in [3.05, 3.63) is 23.3 Å². The van der Waals surface area contributed by atoms with Crippen LogP contribution in [0.25, 0.3) is 0 Å². The van der Waals surface area contributed by atoms with Gasteiger partial charge in [-0.05, 0) is 42.9 Å². The number of anilines is 1. The summed E-state index contributed by atoms with van der Waals surface area (Å²) >= 11 is 0. The summed E-state index contributed by atoms with van der Waals surface area (Å²) in [5.41, 5.74) is 2.78. The minimum absolute atomic E-state index is 0. The normalized spacial score (nSPS) is 25.2. The first kappa shape index (κ1) is 17.4. The molecule has 0 aliphatic heterocycles. The van der Waals surface area contributed by atoms with E-state index in [0.717, 1.165) is 29.7 Å². The van der Waals surface area contributed by atoms with Crippen molar-refractivity contribution in [1.82, 2.24) is 5.32 Å². The summed E-state index contributed by atoms with van der Waals surface area (Å²) < 4.78 is 0. The highest BCUT2D eigenvalue weighted by Gasteiger charge is 2.31.